The molecular weight excluding hydrogens is 428 g/mol. The molecule has 6 nitrogen and oxygen atoms in total. The minimum atomic E-state index is -1.21. The summed E-state index contributed by atoms with van der Waals surface area (Å²) in [7, 11) is 0. The van der Waals surface area contributed by atoms with E-state index >= 15 is 0 Å². The lowest BCUT2D eigenvalue weighted by Gasteiger charge is -2.29. The van der Waals surface area contributed by atoms with Gasteiger partial charge >= 0.3 is 5.97 Å². The number of nitrogens with one attached hydrogen (secondary N) is 1. The Bertz CT molecular complexity index is 1480. The summed E-state index contributed by atoms with van der Waals surface area (Å²) >= 11 is 0. The van der Waals surface area contributed by atoms with Gasteiger partial charge in [0.1, 0.15) is 0 Å². The highest BCUT2D eigenvalue weighted by atomic mass is 16.5. The zero-order chi connectivity index (χ0) is 24.9. The maximum Gasteiger partial charge on any atom is 0.337 e. The molecular formula is C28H32N2O4. The molecule has 1 unspecified atom stereocenters. The average Bonchev–Trinajstić information content (AvgIpc) is 2.74. The number of nitrogens with zero attached hydrogens (tertiary/aromatic N) is 1. The maximum absolute atomic E-state index is 13.0. The van der Waals surface area contributed by atoms with E-state index in [0.717, 1.165) is 27.6 Å². The van der Waals surface area contributed by atoms with Crippen LogP contribution in [0.1, 0.15) is 62.5 Å². The smallest absolute Gasteiger partial charge is 0.337 e. The number of aryl methyl sites for hydroxylation is 3. The van der Waals surface area contributed by atoms with Gasteiger partial charge in [-0.2, -0.15) is 0 Å². The van der Waals surface area contributed by atoms with Crippen molar-refractivity contribution in [2.75, 3.05) is 0 Å². The molecule has 0 saturated heterocycles. The fourth-order valence-corrected chi connectivity index (χ4v) is 4.79. The van der Waals surface area contributed by atoms with Crippen molar-refractivity contribution < 1.29 is 14.6 Å². The third kappa shape index (κ3) is 4.18. The zero-order valence-corrected chi connectivity index (χ0v) is 20.9. The van der Waals surface area contributed by atoms with E-state index in [1.165, 1.54) is 0 Å². The van der Waals surface area contributed by atoms with Crippen molar-refractivity contribution in [3.63, 3.8) is 0 Å². The molecule has 34 heavy (non-hydrogen) atoms. The summed E-state index contributed by atoms with van der Waals surface area (Å²) in [5.74, 6) is -1.07. The first-order valence-corrected chi connectivity index (χ1v) is 11.6. The van der Waals surface area contributed by atoms with Gasteiger partial charge in [-0.15, -0.1) is 0 Å². The van der Waals surface area contributed by atoms with Crippen molar-refractivity contribution in [1.29, 1.82) is 0 Å². The van der Waals surface area contributed by atoms with E-state index in [2.05, 4.69) is 4.98 Å². The number of hydrogen-bond donors (Lipinski definition) is 2. The molecule has 0 fully saturated rings. The highest BCUT2D eigenvalue weighted by molar-refractivity contribution is 5.96. The molecule has 3 aromatic rings. The minimum Gasteiger partial charge on any atom is -0.479 e. The summed E-state index contributed by atoms with van der Waals surface area (Å²) in [5, 5.41) is 12.4. The Morgan fingerprint density at radius 2 is 1.79 bits per heavy atom. The van der Waals surface area contributed by atoms with E-state index in [9.17, 15) is 14.7 Å². The van der Waals surface area contributed by atoms with Gasteiger partial charge in [-0.05, 0) is 77.1 Å². The zero-order valence-electron chi connectivity index (χ0n) is 20.9. The first kappa shape index (κ1) is 23.9. The van der Waals surface area contributed by atoms with Crippen LogP contribution in [-0.4, -0.2) is 27.7 Å². The van der Waals surface area contributed by atoms with E-state index in [4.69, 9.17) is 9.73 Å². The SMILES string of the molecule is Cc1ccc(-c2c([C@H](OC(C)(C)C)C(=O)O)c(C)c3[nH]c(=O)c4c(c3c2C)=NC(C)CC=4)cc1. The van der Waals surface area contributed by atoms with Gasteiger partial charge in [0.05, 0.1) is 27.7 Å². The molecule has 0 radical (unpaired) electrons. The molecule has 1 aliphatic rings. The van der Waals surface area contributed by atoms with Crippen molar-refractivity contribution in [3.05, 3.63) is 67.4 Å². The third-order valence-corrected chi connectivity index (χ3v) is 6.33. The Kier molecular flexibility index (Phi) is 5.98. The van der Waals surface area contributed by atoms with E-state index in [1.54, 1.807) is 0 Å². The number of fused-ring (bicyclic) bond motifs is 3. The Morgan fingerprint density at radius 1 is 1.15 bits per heavy atom. The van der Waals surface area contributed by atoms with Crippen molar-refractivity contribution in [3.8, 4) is 11.1 Å². The van der Waals surface area contributed by atoms with Gasteiger partial charge in [0, 0.05) is 10.9 Å². The van der Waals surface area contributed by atoms with Gasteiger partial charge in [-0.3, -0.25) is 9.79 Å². The van der Waals surface area contributed by atoms with Crippen LogP contribution in [0.3, 0.4) is 0 Å². The van der Waals surface area contributed by atoms with Crippen molar-refractivity contribution >= 4 is 22.9 Å². The number of benzene rings is 2. The second kappa shape index (κ2) is 8.51. The largest absolute Gasteiger partial charge is 0.479 e. The molecule has 0 amide bonds. The lowest BCUT2D eigenvalue weighted by molar-refractivity contribution is -0.160. The van der Waals surface area contributed by atoms with Crippen molar-refractivity contribution in [2.45, 2.75) is 72.6 Å². The summed E-state index contributed by atoms with van der Waals surface area (Å²) in [6, 6.07) is 8.11. The topological polar surface area (TPSA) is 91.8 Å². The van der Waals surface area contributed by atoms with Gasteiger partial charge in [-0.25, -0.2) is 4.79 Å². The van der Waals surface area contributed by atoms with Gasteiger partial charge in [-0.1, -0.05) is 35.9 Å². The number of rotatable bonds is 4. The van der Waals surface area contributed by atoms with Crippen LogP contribution in [0.5, 0.6) is 0 Å². The quantitative estimate of drug-likeness (QED) is 0.609. The fourth-order valence-electron chi connectivity index (χ4n) is 4.79. The number of carbonyl (C=O) groups is 1. The molecule has 0 bridgehead atoms. The Morgan fingerprint density at radius 3 is 2.38 bits per heavy atom. The number of carboxylic acid groups (broad SMARTS) is 1. The normalized spacial score (nSPS) is 16.5. The molecule has 1 aliphatic heterocycles. The summed E-state index contributed by atoms with van der Waals surface area (Å²) in [6.07, 6.45) is 1.45. The molecule has 2 heterocycles. The first-order chi connectivity index (χ1) is 15.9. The minimum absolute atomic E-state index is 0.0655. The maximum atomic E-state index is 13.0. The first-order valence-electron chi connectivity index (χ1n) is 11.6. The number of aromatic nitrogens is 1. The number of aromatic amines is 1. The Balaban J connectivity index is 2.23. The van der Waals surface area contributed by atoms with Crippen molar-refractivity contribution in [2.24, 2.45) is 4.99 Å². The molecule has 0 aliphatic carbocycles. The Labute approximate surface area is 199 Å². The predicted octanol–water partition coefficient (Wildman–Crippen LogP) is 4.25. The summed E-state index contributed by atoms with van der Waals surface area (Å²) in [4.78, 5) is 33.4. The molecule has 2 N–H and O–H groups in total. The number of carboxylic acids is 1. The summed E-state index contributed by atoms with van der Waals surface area (Å²) in [5.41, 5.74) is 4.65. The van der Waals surface area contributed by atoms with E-state index in [0.29, 0.717) is 33.6 Å². The van der Waals surface area contributed by atoms with Crippen LogP contribution >= 0.6 is 0 Å². The number of H-pyrrole nitrogens is 1. The van der Waals surface area contributed by atoms with Gasteiger partial charge in [0.15, 0.2) is 6.10 Å². The molecule has 2 aromatic carbocycles. The van der Waals surface area contributed by atoms with Crippen LogP contribution in [0, 0.1) is 20.8 Å². The van der Waals surface area contributed by atoms with Crippen LogP contribution in [0.15, 0.2) is 34.1 Å². The molecule has 6 heteroatoms. The number of ether oxygens (including phenoxy) is 1. The van der Waals surface area contributed by atoms with Crippen molar-refractivity contribution in [1.82, 2.24) is 4.98 Å². The van der Waals surface area contributed by atoms with Crippen LogP contribution in [0.25, 0.3) is 28.1 Å². The summed E-state index contributed by atoms with van der Waals surface area (Å²) < 4.78 is 6.09. The molecule has 2 atom stereocenters. The molecule has 0 saturated carbocycles. The second-order valence-electron chi connectivity index (χ2n) is 10.2. The van der Waals surface area contributed by atoms with Gasteiger partial charge in [0.25, 0.3) is 5.56 Å². The molecule has 178 valence electrons. The summed E-state index contributed by atoms with van der Waals surface area (Å²) in [6.45, 7) is 13.4. The highest BCUT2D eigenvalue weighted by Gasteiger charge is 2.33. The third-order valence-electron chi connectivity index (χ3n) is 6.33. The molecule has 1 aromatic heterocycles. The fraction of sp³-hybridized carbons (Fsp3) is 0.393. The standard InChI is InChI=1S/C28H32N2O4/c1-14-8-11-18(12-9-14)20-16(3)22-23(30-26(31)19-13-10-15(2)29-24(19)22)17(4)21(20)25(27(32)33)34-28(5,6)7/h8-9,11-13,15,25H,10H2,1-7H3,(H,30,31)(H,32,33)/t15?,25-/m0/s1. The average molecular weight is 461 g/mol. The Hall–Kier alpha value is -3.25. The van der Waals surface area contributed by atoms with Crippen LogP contribution in [-0.2, 0) is 9.53 Å². The molecule has 0 spiro atoms. The number of aliphatic carboxylic acids is 1. The molecule has 4 rings (SSSR count). The van der Waals surface area contributed by atoms with Gasteiger partial charge < -0.3 is 14.8 Å². The van der Waals surface area contributed by atoms with Gasteiger partial charge in [0.2, 0.25) is 0 Å². The number of hydrogen-bond acceptors (Lipinski definition) is 4. The van der Waals surface area contributed by atoms with E-state index in [1.807, 2.05) is 78.8 Å². The lowest BCUT2D eigenvalue weighted by Crippen LogP contribution is -2.44. The van der Waals surface area contributed by atoms with Crippen LogP contribution < -0.4 is 16.1 Å². The number of pyridine rings is 1. The highest BCUT2D eigenvalue weighted by Crippen LogP contribution is 2.40. The monoisotopic (exact) mass is 460 g/mol. The van der Waals surface area contributed by atoms with E-state index in [-0.39, 0.29) is 11.6 Å². The van der Waals surface area contributed by atoms with Crippen LogP contribution in [0.2, 0.25) is 0 Å². The van der Waals surface area contributed by atoms with Crippen LogP contribution in [0.4, 0.5) is 0 Å². The second-order valence-corrected chi connectivity index (χ2v) is 10.2. The lowest BCUT2D eigenvalue weighted by atomic mass is 9.85. The van der Waals surface area contributed by atoms with E-state index < -0.39 is 17.7 Å². The predicted molar refractivity (Wildman–Crippen MR) is 135 cm³/mol.